The van der Waals surface area contributed by atoms with Crippen LogP contribution < -0.4 is 10.2 Å². The van der Waals surface area contributed by atoms with Gasteiger partial charge < -0.3 is 19.9 Å². The minimum Gasteiger partial charge on any atom is -0.375 e. The number of anilines is 1. The van der Waals surface area contributed by atoms with Crippen LogP contribution in [0.15, 0.2) is 52.8 Å². The highest BCUT2D eigenvalue weighted by Crippen LogP contribution is 2.22. The van der Waals surface area contributed by atoms with Crippen molar-refractivity contribution in [1.82, 2.24) is 10.2 Å². The van der Waals surface area contributed by atoms with Crippen LogP contribution in [0, 0.1) is 0 Å². The fraction of sp³-hybridized carbons (Fsp3) is 0.421. The summed E-state index contributed by atoms with van der Waals surface area (Å²) in [7, 11) is 3.60. The van der Waals surface area contributed by atoms with Gasteiger partial charge in [0.1, 0.15) is 0 Å². The average Bonchev–Trinajstić information content (AvgIpc) is 3.21. The van der Waals surface area contributed by atoms with E-state index in [1.165, 1.54) is 10.6 Å². The zero-order valence-electron chi connectivity index (χ0n) is 14.9. The molecule has 0 saturated carbocycles. The van der Waals surface area contributed by atoms with Gasteiger partial charge >= 0.3 is 0 Å². The number of nitrogens with one attached hydrogen (secondary N) is 1. The van der Waals surface area contributed by atoms with Gasteiger partial charge in [0, 0.05) is 46.9 Å². The molecule has 1 atom stereocenters. The molecule has 1 aromatic carbocycles. The van der Waals surface area contributed by atoms with E-state index in [1.54, 1.807) is 18.4 Å². The zero-order chi connectivity index (χ0) is 17.5. The number of ether oxygens (including phenoxy) is 1. The summed E-state index contributed by atoms with van der Waals surface area (Å²) in [6, 6.07) is 14.6. The lowest BCUT2D eigenvalue weighted by atomic mass is 10.1. The Morgan fingerprint density at radius 3 is 2.52 bits per heavy atom. The number of hydrogen-bond donors (Lipinski definition) is 1. The molecule has 1 aliphatic rings. The predicted molar refractivity (Wildman–Crippen MR) is 106 cm³/mol. The Kier molecular flexibility index (Phi) is 6.30. The molecule has 0 bridgehead atoms. The second kappa shape index (κ2) is 8.87. The van der Waals surface area contributed by atoms with Crippen LogP contribution in [0.3, 0.4) is 0 Å². The quantitative estimate of drug-likeness (QED) is 0.659. The molecule has 1 saturated heterocycles. The normalized spacial score (nSPS) is 16.8. The molecule has 6 heteroatoms. The molecular weight excluding hydrogens is 332 g/mol. The average molecular weight is 359 g/mol. The van der Waals surface area contributed by atoms with E-state index in [-0.39, 0.29) is 6.10 Å². The number of methoxy groups -OCH3 is 1. The molecule has 1 fully saturated rings. The summed E-state index contributed by atoms with van der Waals surface area (Å²) < 4.78 is 5.64. The highest BCUT2D eigenvalue weighted by Gasteiger charge is 2.21. The van der Waals surface area contributed by atoms with Crippen LogP contribution in [0.1, 0.15) is 11.7 Å². The van der Waals surface area contributed by atoms with Crippen LogP contribution in [-0.4, -0.2) is 57.7 Å². The van der Waals surface area contributed by atoms with Crippen molar-refractivity contribution >= 4 is 22.3 Å². The molecule has 1 N–H and O–H groups in total. The predicted octanol–water partition coefficient (Wildman–Crippen LogP) is 2.83. The van der Waals surface area contributed by atoms with Crippen molar-refractivity contribution in [2.24, 2.45) is 4.99 Å². The van der Waals surface area contributed by atoms with E-state index in [2.05, 4.69) is 49.8 Å². The van der Waals surface area contributed by atoms with Gasteiger partial charge in [0.15, 0.2) is 5.96 Å². The standard InChI is InChI=1S/C19H26N4OS/c1-20-19(21-15-17(24-2)16-7-4-3-5-8-16)23-12-10-22(11-13-23)18-9-6-14-25-18/h3-9,14,17H,10-13,15H2,1-2H3,(H,20,21). The molecule has 25 heavy (non-hydrogen) atoms. The molecule has 5 nitrogen and oxygen atoms in total. The van der Waals surface area contributed by atoms with Crippen molar-refractivity contribution in [3.05, 3.63) is 53.4 Å². The maximum absolute atomic E-state index is 5.64. The van der Waals surface area contributed by atoms with Gasteiger partial charge in [-0.15, -0.1) is 11.3 Å². The molecular formula is C19H26N4OS. The number of guanidine groups is 1. The molecule has 2 aromatic rings. The van der Waals surface area contributed by atoms with E-state index in [9.17, 15) is 0 Å². The molecule has 0 amide bonds. The van der Waals surface area contributed by atoms with Crippen LogP contribution in [0.25, 0.3) is 0 Å². The van der Waals surface area contributed by atoms with Crippen LogP contribution in [0.2, 0.25) is 0 Å². The fourth-order valence-electron chi connectivity index (χ4n) is 3.11. The van der Waals surface area contributed by atoms with Crippen molar-refractivity contribution in [3.8, 4) is 0 Å². The third-order valence-electron chi connectivity index (χ3n) is 4.51. The topological polar surface area (TPSA) is 40.1 Å². The summed E-state index contributed by atoms with van der Waals surface area (Å²) in [6.07, 6.45) is 0.0188. The van der Waals surface area contributed by atoms with Crippen LogP contribution in [-0.2, 0) is 4.74 Å². The Bertz CT molecular complexity index is 651. The van der Waals surface area contributed by atoms with E-state index in [1.807, 2.05) is 25.2 Å². The maximum Gasteiger partial charge on any atom is 0.193 e. The molecule has 134 valence electrons. The number of nitrogens with zero attached hydrogens (tertiary/aromatic N) is 3. The minimum absolute atomic E-state index is 0.0188. The highest BCUT2D eigenvalue weighted by molar-refractivity contribution is 7.14. The molecule has 1 aliphatic heterocycles. The lowest BCUT2D eigenvalue weighted by molar-refractivity contribution is 0.105. The number of rotatable bonds is 5. The van der Waals surface area contributed by atoms with E-state index in [0.717, 1.165) is 32.1 Å². The number of benzene rings is 1. The molecule has 3 rings (SSSR count). The smallest absolute Gasteiger partial charge is 0.193 e. The molecule has 2 heterocycles. The summed E-state index contributed by atoms with van der Waals surface area (Å²) in [5, 5.41) is 6.96. The third kappa shape index (κ3) is 4.52. The largest absolute Gasteiger partial charge is 0.375 e. The lowest BCUT2D eigenvalue weighted by Crippen LogP contribution is -2.53. The van der Waals surface area contributed by atoms with Crippen LogP contribution in [0.5, 0.6) is 0 Å². The fourth-order valence-corrected chi connectivity index (χ4v) is 3.90. The first kappa shape index (κ1) is 17.8. The summed E-state index contributed by atoms with van der Waals surface area (Å²) in [4.78, 5) is 9.22. The zero-order valence-corrected chi connectivity index (χ0v) is 15.7. The Labute approximate surface area is 153 Å². The summed E-state index contributed by atoms with van der Waals surface area (Å²) in [6.45, 7) is 4.70. The first-order valence-corrected chi connectivity index (χ1v) is 9.51. The van der Waals surface area contributed by atoms with Gasteiger partial charge in [0.05, 0.1) is 11.1 Å². The summed E-state index contributed by atoms with van der Waals surface area (Å²) >= 11 is 1.80. The molecule has 0 radical (unpaired) electrons. The van der Waals surface area contributed by atoms with Gasteiger partial charge in [-0.1, -0.05) is 30.3 Å². The van der Waals surface area contributed by atoms with Gasteiger partial charge in [0.25, 0.3) is 0 Å². The second-order valence-corrected chi connectivity index (χ2v) is 6.91. The Morgan fingerprint density at radius 2 is 1.92 bits per heavy atom. The van der Waals surface area contributed by atoms with Crippen LogP contribution >= 0.6 is 11.3 Å². The Hall–Kier alpha value is -2.05. The highest BCUT2D eigenvalue weighted by atomic mass is 32.1. The number of hydrogen-bond acceptors (Lipinski definition) is 4. The minimum atomic E-state index is 0.0188. The SMILES string of the molecule is CN=C(NCC(OC)c1ccccc1)N1CCN(c2cccs2)CC1. The van der Waals surface area contributed by atoms with E-state index < -0.39 is 0 Å². The van der Waals surface area contributed by atoms with Crippen molar-refractivity contribution < 1.29 is 4.74 Å². The first-order valence-electron chi connectivity index (χ1n) is 8.63. The van der Waals surface area contributed by atoms with Crippen molar-refractivity contribution in [1.29, 1.82) is 0 Å². The van der Waals surface area contributed by atoms with Gasteiger partial charge in [-0.25, -0.2) is 0 Å². The lowest BCUT2D eigenvalue weighted by Gasteiger charge is -2.37. The number of piperazine rings is 1. The van der Waals surface area contributed by atoms with Crippen molar-refractivity contribution in [2.45, 2.75) is 6.10 Å². The molecule has 1 aromatic heterocycles. The van der Waals surface area contributed by atoms with Gasteiger partial charge in [-0.2, -0.15) is 0 Å². The Balaban J connectivity index is 1.53. The molecule has 0 aliphatic carbocycles. The van der Waals surface area contributed by atoms with Crippen LogP contribution in [0.4, 0.5) is 5.00 Å². The molecule has 0 spiro atoms. The van der Waals surface area contributed by atoms with E-state index in [0.29, 0.717) is 6.54 Å². The maximum atomic E-state index is 5.64. The summed E-state index contributed by atoms with van der Waals surface area (Å²) in [5.41, 5.74) is 1.18. The van der Waals surface area contributed by atoms with Crippen molar-refractivity contribution in [3.63, 3.8) is 0 Å². The summed E-state index contributed by atoms with van der Waals surface area (Å²) in [5.74, 6) is 0.948. The van der Waals surface area contributed by atoms with Gasteiger partial charge in [-0.05, 0) is 23.1 Å². The third-order valence-corrected chi connectivity index (χ3v) is 5.44. The second-order valence-electron chi connectivity index (χ2n) is 5.99. The van der Waals surface area contributed by atoms with Gasteiger partial charge in [0.2, 0.25) is 0 Å². The number of aliphatic imine (C=N–C) groups is 1. The van der Waals surface area contributed by atoms with E-state index >= 15 is 0 Å². The monoisotopic (exact) mass is 358 g/mol. The Morgan fingerprint density at radius 1 is 1.16 bits per heavy atom. The number of thiophene rings is 1. The van der Waals surface area contributed by atoms with E-state index in [4.69, 9.17) is 4.74 Å². The van der Waals surface area contributed by atoms with Crippen molar-refractivity contribution in [2.75, 3.05) is 51.8 Å². The van der Waals surface area contributed by atoms with Gasteiger partial charge in [-0.3, -0.25) is 4.99 Å². The first-order chi connectivity index (χ1) is 12.3. The molecule has 1 unspecified atom stereocenters.